The third-order valence-corrected chi connectivity index (χ3v) is 13.7. The van der Waals surface area contributed by atoms with E-state index in [1.807, 2.05) is 0 Å². The summed E-state index contributed by atoms with van der Waals surface area (Å²) in [5.41, 5.74) is 0. The van der Waals surface area contributed by atoms with E-state index in [4.69, 9.17) is 14.2 Å². The van der Waals surface area contributed by atoms with Gasteiger partial charge in [-0.2, -0.15) is 0 Å². The molecule has 0 saturated carbocycles. The zero-order valence-electron chi connectivity index (χ0n) is 45.9. The molecule has 0 aliphatic carbocycles. The predicted molar refractivity (Wildman–Crippen MR) is 293 cm³/mol. The quantitative estimate of drug-likeness (QED) is 0.0262. The van der Waals surface area contributed by atoms with Crippen LogP contribution in [-0.4, -0.2) is 37.2 Å². The van der Waals surface area contributed by atoms with Gasteiger partial charge < -0.3 is 14.2 Å². The molecule has 0 N–H and O–H groups in total. The maximum atomic E-state index is 12.9. The molecule has 0 rings (SSSR count). The highest BCUT2D eigenvalue weighted by atomic mass is 16.6. The fourth-order valence-corrected chi connectivity index (χ4v) is 9.14. The lowest BCUT2D eigenvalue weighted by Gasteiger charge is -2.18. The average Bonchev–Trinajstić information content (AvgIpc) is 3.34. The molecule has 0 aromatic carbocycles. The first-order valence-corrected chi connectivity index (χ1v) is 30.4. The topological polar surface area (TPSA) is 78.9 Å². The van der Waals surface area contributed by atoms with Crippen LogP contribution in [0.3, 0.4) is 0 Å². The molecule has 0 aromatic rings. The van der Waals surface area contributed by atoms with Gasteiger partial charge >= 0.3 is 17.9 Å². The summed E-state index contributed by atoms with van der Waals surface area (Å²) in [6.45, 7) is 6.68. The number of esters is 3. The monoisotopic (exact) mass is 957 g/mol. The fourth-order valence-electron chi connectivity index (χ4n) is 9.14. The number of hydrogen-bond acceptors (Lipinski definition) is 6. The Morgan fingerprint density at radius 2 is 0.515 bits per heavy atom. The Kier molecular flexibility index (Phi) is 55.7. The number of carbonyl (C=O) groups is 3. The van der Waals surface area contributed by atoms with Crippen LogP contribution < -0.4 is 0 Å². The third kappa shape index (κ3) is 54.8. The Bertz CT molecular complexity index is 1100. The van der Waals surface area contributed by atoms with Crippen LogP contribution in [0.25, 0.3) is 0 Å². The number of allylic oxidation sites excluding steroid dienone is 4. The molecule has 0 aliphatic rings. The van der Waals surface area contributed by atoms with Crippen LogP contribution in [0.1, 0.15) is 335 Å². The lowest BCUT2D eigenvalue weighted by molar-refractivity contribution is -0.167. The van der Waals surface area contributed by atoms with Crippen LogP contribution in [0.4, 0.5) is 0 Å². The van der Waals surface area contributed by atoms with Crippen LogP contribution in [0, 0.1) is 0 Å². The van der Waals surface area contributed by atoms with Crippen LogP contribution in [0.15, 0.2) is 24.3 Å². The average molecular weight is 958 g/mol. The lowest BCUT2D eigenvalue weighted by Crippen LogP contribution is -2.30. The van der Waals surface area contributed by atoms with Crippen molar-refractivity contribution in [3.05, 3.63) is 24.3 Å². The van der Waals surface area contributed by atoms with Gasteiger partial charge in [0.05, 0.1) is 0 Å². The second kappa shape index (κ2) is 57.5. The molecule has 68 heavy (non-hydrogen) atoms. The van der Waals surface area contributed by atoms with Crippen molar-refractivity contribution in [1.29, 1.82) is 0 Å². The van der Waals surface area contributed by atoms with Crippen molar-refractivity contribution in [3.8, 4) is 0 Å². The van der Waals surface area contributed by atoms with E-state index in [0.717, 1.165) is 77.0 Å². The smallest absolute Gasteiger partial charge is 0.306 e. The van der Waals surface area contributed by atoms with Gasteiger partial charge in [0.15, 0.2) is 6.10 Å². The van der Waals surface area contributed by atoms with E-state index < -0.39 is 6.10 Å². The Morgan fingerprint density at radius 3 is 0.779 bits per heavy atom. The van der Waals surface area contributed by atoms with Gasteiger partial charge in [-0.3, -0.25) is 14.4 Å². The van der Waals surface area contributed by atoms with Gasteiger partial charge in [-0.25, -0.2) is 0 Å². The third-order valence-electron chi connectivity index (χ3n) is 13.7. The molecule has 0 amide bonds. The summed E-state index contributed by atoms with van der Waals surface area (Å²) in [5.74, 6) is -0.861. The summed E-state index contributed by atoms with van der Waals surface area (Å²) in [5, 5.41) is 0. The summed E-state index contributed by atoms with van der Waals surface area (Å²) in [4.78, 5) is 38.2. The molecule has 0 fully saturated rings. The largest absolute Gasteiger partial charge is 0.462 e. The molecule has 1 unspecified atom stereocenters. The molecule has 6 nitrogen and oxygen atoms in total. The minimum Gasteiger partial charge on any atom is -0.462 e. The van der Waals surface area contributed by atoms with Gasteiger partial charge in [0.2, 0.25) is 0 Å². The molecule has 0 aliphatic heterocycles. The Hall–Kier alpha value is -2.11. The first kappa shape index (κ1) is 65.9. The van der Waals surface area contributed by atoms with Crippen LogP contribution in [0.2, 0.25) is 0 Å². The molecular formula is C62H116O6. The highest BCUT2D eigenvalue weighted by Crippen LogP contribution is 2.17. The molecule has 0 aromatic heterocycles. The zero-order chi connectivity index (χ0) is 49.3. The lowest BCUT2D eigenvalue weighted by atomic mass is 10.0. The van der Waals surface area contributed by atoms with E-state index in [1.54, 1.807) is 0 Å². The Morgan fingerprint density at radius 1 is 0.294 bits per heavy atom. The first-order chi connectivity index (χ1) is 33.5. The van der Waals surface area contributed by atoms with E-state index in [-0.39, 0.29) is 31.1 Å². The summed E-state index contributed by atoms with van der Waals surface area (Å²) in [6, 6.07) is 0. The van der Waals surface area contributed by atoms with Crippen molar-refractivity contribution >= 4 is 17.9 Å². The van der Waals surface area contributed by atoms with Gasteiger partial charge in [0.25, 0.3) is 0 Å². The van der Waals surface area contributed by atoms with Gasteiger partial charge in [0, 0.05) is 19.3 Å². The van der Waals surface area contributed by atoms with Crippen molar-refractivity contribution in [2.24, 2.45) is 0 Å². The second-order valence-electron chi connectivity index (χ2n) is 20.7. The van der Waals surface area contributed by atoms with Gasteiger partial charge in [0.1, 0.15) is 13.2 Å². The van der Waals surface area contributed by atoms with Crippen LogP contribution in [0.5, 0.6) is 0 Å². The number of ether oxygens (including phenoxy) is 3. The predicted octanol–water partition coefficient (Wildman–Crippen LogP) is 20.3. The maximum absolute atomic E-state index is 12.9. The van der Waals surface area contributed by atoms with Gasteiger partial charge in [-0.15, -0.1) is 0 Å². The summed E-state index contributed by atoms with van der Waals surface area (Å²) in [6.07, 6.45) is 67.4. The molecule has 6 heteroatoms. The molecule has 0 saturated heterocycles. The zero-order valence-corrected chi connectivity index (χ0v) is 45.9. The molecule has 0 radical (unpaired) electrons. The van der Waals surface area contributed by atoms with E-state index in [9.17, 15) is 14.4 Å². The van der Waals surface area contributed by atoms with E-state index in [2.05, 4.69) is 45.1 Å². The van der Waals surface area contributed by atoms with E-state index in [0.29, 0.717) is 19.3 Å². The summed E-state index contributed by atoms with van der Waals surface area (Å²) >= 11 is 0. The first-order valence-electron chi connectivity index (χ1n) is 30.4. The van der Waals surface area contributed by atoms with Crippen molar-refractivity contribution in [2.75, 3.05) is 13.2 Å². The standard InChI is InChI=1S/C62H116O6/c1-4-7-10-13-16-19-22-25-28-31-32-35-37-40-43-46-49-52-55-61(64)67-58-59(68-62(65)56-53-50-47-44-41-38-34-30-27-24-21-18-15-12-9-6-3)57-66-60(63)54-51-48-45-42-39-36-33-29-26-23-20-17-14-11-8-5-2/h28,31-32,35,59H,4-27,29-30,33-34,36-58H2,1-3H3/b31-28-,35-32-. The number of rotatable bonds is 56. The SMILES string of the molecule is CCCCCCCCC/C=C\C=C/CCCCCCCC(=O)OCC(COC(=O)CCCCCCCCCCCCCCCCCC)OC(=O)CCCCCCCCCCCCCCCCCC. The molecule has 0 bridgehead atoms. The molecule has 0 spiro atoms. The van der Waals surface area contributed by atoms with Crippen molar-refractivity contribution in [3.63, 3.8) is 0 Å². The van der Waals surface area contributed by atoms with Crippen molar-refractivity contribution < 1.29 is 28.6 Å². The number of hydrogen-bond donors (Lipinski definition) is 0. The van der Waals surface area contributed by atoms with Gasteiger partial charge in [-0.1, -0.05) is 295 Å². The minimum absolute atomic E-state index is 0.0703. The number of carbonyl (C=O) groups excluding carboxylic acids is 3. The highest BCUT2D eigenvalue weighted by Gasteiger charge is 2.19. The second-order valence-corrected chi connectivity index (χ2v) is 20.7. The van der Waals surface area contributed by atoms with Crippen LogP contribution in [-0.2, 0) is 28.6 Å². The maximum Gasteiger partial charge on any atom is 0.306 e. The summed E-state index contributed by atoms with van der Waals surface area (Å²) < 4.78 is 16.9. The molecule has 0 heterocycles. The molecule has 400 valence electrons. The molecular weight excluding hydrogens is 841 g/mol. The number of unbranched alkanes of at least 4 members (excludes halogenated alkanes) is 42. The minimum atomic E-state index is -0.773. The van der Waals surface area contributed by atoms with E-state index >= 15 is 0 Å². The van der Waals surface area contributed by atoms with Crippen molar-refractivity contribution in [1.82, 2.24) is 0 Å². The van der Waals surface area contributed by atoms with Crippen LogP contribution >= 0.6 is 0 Å². The van der Waals surface area contributed by atoms with Crippen molar-refractivity contribution in [2.45, 2.75) is 341 Å². The fraction of sp³-hybridized carbons (Fsp3) is 0.887. The summed E-state index contributed by atoms with van der Waals surface area (Å²) in [7, 11) is 0. The normalized spacial score (nSPS) is 12.1. The Balaban J connectivity index is 4.35. The highest BCUT2D eigenvalue weighted by molar-refractivity contribution is 5.71. The molecule has 1 atom stereocenters. The Labute approximate surface area is 423 Å². The van der Waals surface area contributed by atoms with E-state index in [1.165, 1.54) is 218 Å². The van der Waals surface area contributed by atoms with Gasteiger partial charge in [-0.05, 0) is 44.9 Å².